The van der Waals surface area contributed by atoms with Crippen molar-refractivity contribution in [2.75, 3.05) is 20.8 Å². The first kappa shape index (κ1) is 19.9. The fraction of sp³-hybridized carbons (Fsp3) is 0.632. The highest BCUT2D eigenvalue weighted by molar-refractivity contribution is 7.89. The number of carbonyl (C=O) groups is 1. The highest BCUT2D eigenvalue weighted by Gasteiger charge is 2.41. The number of methoxy groups -OCH3 is 2. The molecule has 1 heterocycles. The lowest BCUT2D eigenvalue weighted by Gasteiger charge is -2.28. The lowest BCUT2D eigenvalue weighted by Crippen LogP contribution is -2.49. The summed E-state index contributed by atoms with van der Waals surface area (Å²) < 4.78 is 38.2. The zero-order chi connectivity index (χ0) is 19.4. The minimum absolute atomic E-state index is 0.0585. The molecule has 1 N–H and O–H groups in total. The first-order valence-corrected chi connectivity index (χ1v) is 11.0. The van der Waals surface area contributed by atoms with Crippen LogP contribution in [0.25, 0.3) is 0 Å². The van der Waals surface area contributed by atoms with Crippen molar-refractivity contribution in [2.45, 2.75) is 61.9 Å². The summed E-state index contributed by atoms with van der Waals surface area (Å²) in [6.45, 7) is 0.334. The predicted molar refractivity (Wildman–Crippen MR) is 101 cm³/mol. The van der Waals surface area contributed by atoms with E-state index in [-0.39, 0.29) is 22.6 Å². The van der Waals surface area contributed by atoms with Crippen molar-refractivity contribution in [3.63, 3.8) is 0 Å². The summed E-state index contributed by atoms with van der Waals surface area (Å²) in [4.78, 5) is 12.8. The van der Waals surface area contributed by atoms with E-state index in [1.54, 1.807) is 12.1 Å². The zero-order valence-corrected chi connectivity index (χ0v) is 16.8. The normalized spacial score (nSPS) is 21.8. The summed E-state index contributed by atoms with van der Waals surface area (Å²) in [5.74, 6) is 0.543. The quantitative estimate of drug-likeness (QED) is 0.798. The first-order valence-electron chi connectivity index (χ1n) is 9.51. The SMILES string of the molecule is COc1ccc(S(=O)(=O)N2CCC[C@@H]2C(=O)NC2CCCCC2)c(OC)c1. The van der Waals surface area contributed by atoms with Crippen molar-refractivity contribution in [1.29, 1.82) is 0 Å². The molecule has 0 radical (unpaired) electrons. The van der Waals surface area contributed by atoms with Crippen LogP contribution in [0.5, 0.6) is 11.5 Å². The molecule has 150 valence electrons. The third kappa shape index (κ3) is 4.21. The van der Waals surface area contributed by atoms with E-state index in [9.17, 15) is 13.2 Å². The van der Waals surface area contributed by atoms with Crippen molar-refractivity contribution in [2.24, 2.45) is 0 Å². The van der Waals surface area contributed by atoms with Gasteiger partial charge < -0.3 is 14.8 Å². The first-order chi connectivity index (χ1) is 13.0. The molecule has 2 aliphatic rings. The molecule has 7 nitrogen and oxygen atoms in total. The van der Waals surface area contributed by atoms with Gasteiger partial charge in [0, 0.05) is 18.7 Å². The molecule has 1 aliphatic carbocycles. The second-order valence-electron chi connectivity index (χ2n) is 7.13. The fourth-order valence-electron chi connectivity index (χ4n) is 3.95. The Morgan fingerprint density at radius 1 is 1.07 bits per heavy atom. The molecule has 1 atom stereocenters. The molecule has 27 heavy (non-hydrogen) atoms. The van der Waals surface area contributed by atoms with Crippen LogP contribution < -0.4 is 14.8 Å². The van der Waals surface area contributed by atoms with Gasteiger partial charge in [-0.15, -0.1) is 0 Å². The van der Waals surface area contributed by atoms with Crippen LogP contribution in [0.2, 0.25) is 0 Å². The predicted octanol–water partition coefficient (Wildman–Crippen LogP) is 2.31. The molecule has 0 bridgehead atoms. The van der Waals surface area contributed by atoms with Crippen LogP contribution in [-0.4, -0.2) is 51.5 Å². The smallest absolute Gasteiger partial charge is 0.247 e. The van der Waals surface area contributed by atoms with E-state index in [0.717, 1.165) is 25.7 Å². The Labute approximate surface area is 161 Å². The molecular formula is C19H28N2O5S. The van der Waals surface area contributed by atoms with Crippen LogP contribution >= 0.6 is 0 Å². The zero-order valence-electron chi connectivity index (χ0n) is 15.9. The minimum atomic E-state index is -3.85. The Kier molecular flexibility index (Phi) is 6.26. The maximum Gasteiger partial charge on any atom is 0.247 e. The van der Waals surface area contributed by atoms with Crippen LogP contribution in [0.1, 0.15) is 44.9 Å². The van der Waals surface area contributed by atoms with E-state index in [1.807, 2.05) is 0 Å². The number of amides is 1. The number of ether oxygens (including phenoxy) is 2. The third-order valence-corrected chi connectivity index (χ3v) is 7.36. The van der Waals surface area contributed by atoms with Gasteiger partial charge in [-0.1, -0.05) is 19.3 Å². The van der Waals surface area contributed by atoms with Crippen molar-refractivity contribution >= 4 is 15.9 Å². The maximum absolute atomic E-state index is 13.2. The number of hydrogen-bond donors (Lipinski definition) is 1. The standard InChI is InChI=1S/C19H28N2O5S/c1-25-15-10-11-18(17(13-15)26-2)27(23,24)21-12-6-9-16(21)19(22)20-14-7-4-3-5-8-14/h10-11,13-14,16H,3-9,12H2,1-2H3,(H,20,22)/t16-/m1/s1. The van der Waals surface area contributed by atoms with Crippen molar-refractivity contribution < 1.29 is 22.7 Å². The Morgan fingerprint density at radius 3 is 2.48 bits per heavy atom. The molecule has 0 spiro atoms. The van der Waals surface area contributed by atoms with Crippen LogP contribution in [0.3, 0.4) is 0 Å². The Bertz CT molecular complexity index is 774. The highest BCUT2D eigenvalue weighted by atomic mass is 32.2. The Balaban J connectivity index is 1.81. The molecule has 1 saturated heterocycles. The number of hydrogen-bond acceptors (Lipinski definition) is 5. The molecule has 1 amide bonds. The van der Waals surface area contributed by atoms with Crippen molar-refractivity contribution in [3.05, 3.63) is 18.2 Å². The van der Waals surface area contributed by atoms with Crippen LogP contribution in [-0.2, 0) is 14.8 Å². The van der Waals surface area contributed by atoms with Crippen LogP contribution in [0.15, 0.2) is 23.1 Å². The average Bonchev–Trinajstić information content (AvgIpc) is 3.19. The Morgan fingerprint density at radius 2 is 1.81 bits per heavy atom. The van der Waals surface area contributed by atoms with Gasteiger partial charge in [-0.05, 0) is 37.8 Å². The number of benzene rings is 1. The maximum atomic E-state index is 13.2. The van der Waals surface area contributed by atoms with Gasteiger partial charge in [0.25, 0.3) is 0 Å². The molecule has 0 aromatic heterocycles. The number of sulfonamides is 1. The summed E-state index contributed by atoms with van der Waals surface area (Å²) in [5.41, 5.74) is 0. The monoisotopic (exact) mass is 396 g/mol. The van der Waals surface area contributed by atoms with E-state index < -0.39 is 16.1 Å². The number of carbonyl (C=O) groups excluding carboxylic acids is 1. The molecule has 1 aliphatic heterocycles. The van der Waals surface area contributed by atoms with E-state index in [4.69, 9.17) is 9.47 Å². The van der Waals surface area contributed by atoms with Crippen molar-refractivity contribution in [3.8, 4) is 11.5 Å². The molecule has 0 unspecified atom stereocenters. The van der Waals surface area contributed by atoms with E-state index in [1.165, 1.54) is 31.0 Å². The van der Waals surface area contributed by atoms with Gasteiger partial charge in [-0.3, -0.25) is 4.79 Å². The van der Waals surface area contributed by atoms with Crippen LogP contribution in [0, 0.1) is 0 Å². The molecule has 1 aromatic rings. The van der Waals surface area contributed by atoms with Crippen LogP contribution in [0.4, 0.5) is 0 Å². The lowest BCUT2D eigenvalue weighted by atomic mass is 9.95. The summed E-state index contributed by atoms with van der Waals surface area (Å²) >= 11 is 0. The average molecular weight is 397 g/mol. The van der Waals surface area contributed by atoms with E-state index >= 15 is 0 Å². The summed E-state index contributed by atoms with van der Waals surface area (Å²) in [6, 6.07) is 4.10. The van der Waals surface area contributed by atoms with Gasteiger partial charge >= 0.3 is 0 Å². The topological polar surface area (TPSA) is 84.9 Å². The molecule has 3 rings (SSSR count). The van der Waals surface area contributed by atoms with E-state index in [2.05, 4.69) is 5.32 Å². The van der Waals surface area contributed by atoms with Gasteiger partial charge in [0.1, 0.15) is 22.4 Å². The highest BCUT2D eigenvalue weighted by Crippen LogP contribution is 2.34. The molecule has 1 saturated carbocycles. The third-order valence-electron chi connectivity index (χ3n) is 5.42. The summed E-state index contributed by atoms with van der Waals surface area (Å²) in [5, 5.41) is 3.06. The van der Waals surface area contributed by atoms with Crippen molar-refractivity contribution in [1.82, 2.24) is 9.62 Å². The van der Waals surface area contributed by atoms with Gasteiger partial charge in [0.15, 0.2) is 0 Å². The van der Waals surface area contributed by atoms with Gasteiger partial charge in [0.2, 0.25) is 15.9 Å². The second kappa shape index (κ2) is 8.48. The summed E-state index contributed by atoms with van der Waals surface area (Å²) in [6.07, 6.45) is 6.57. The van der Waals surface area contributed by atoms with E-state index in [0.29, 0.717) is 25.1 Å². The number of nitrogens with one attached hydrogen (secondary N) is 1. The number of nitrogens with zero attached hydrogens (tertiary/aromatic N) is 1. The summed E-state index contributed by atoms with van der Waals surface area (Å²) in [7, 11) is -0.919. The van der Waals surface area contributed by atoms with Gasteiger partial charge in [-0.2, -0.15) is 4.31 Å². The largest absolute Gasteiger partial charge is 0.497 e. The Hall–Kier alpha value is -1.80. The molecule has 1 aromatic carbocycles. The fourth-order valence-corrected chi connectivity index (χ4v) is 5.74. The second-order valence-corrected chi connectivity index (χ2v) is 8.99. The molecule has 2 fully saturated rings. The lowest BCUT2D eigenvalue weighted by molar-refractivity contribution is -0.125. The molecule has 8 heteroatoms. The molecular weight excluding hydrogens is 368 g/mol. The van der Waals surface area contributed by atoms with Gasteiger partial charge in [-0.25, -0.2) is 8.42 Å². The minimum Gasteiger partial charge on any atom is -0.497 e. The van der Waals surface area contributed by atoms with Gasteiger partial charge in [0.05, 0.1) is 14.2 Å². The number of rotatable bonds is 6.